The third-order valence-corrected chi connectivity index (χ3v) is 4.22. The average molecular weight is 263 g/mol. The number of fused-ring (bicyclic) bond motifs is 1. The number of nitrogens with zero attached hydrogens (tertiary/aromatic N) is 1. The van der Waals surface area contributed by atoms with Gasteiger partial charge in [-0.15, -0.1) is 11.3 Å². The number of hydrogen-bond acceptors (Lipinski definition) is 4. The van der Waals surface area contributed by atoms with Gasteiger partial charge in [0.15, 0.2) is 0 Å². The summed E-state index contributed by atoms with van der Waals surface area (Å²) in [5, 5.41) is 5.24. The number of nitrogens with one attached hydrogen (secondary N) is 2. The normalized spacial score (nSPS) is 15.3. The number of aromatic amines is 1. The minimum atomic E-state index is -0.0234. The van der Waals surface area contributed by atoms with E-state index in [1.54, 1.807) is 0 Å². The van der Waals surface area contributed by atoms with Crippen molar-refractivity contribution in [2.45, 2.75) is 32.2 Å². The molecule has 0 bridgehead atoms. The second-order valence-electron chi connectivity index (χ2n) is 4.91. The predicted octanol–water partition coefficient (Wildman–Crippen LogP) is 2.26. The maximum atomic E-state index is 11.7. The SMILES string of the molecule is O=c1[nH]c(CNCCCC2CC2)nc2ccsc12. The van der Waals surface area contributed by atoms with Crippen molar-refractivity contribution in [2.75, 3.05) is 6.54 Å². The van der Waals surface area contributed by atoms with Crippen LogP contribution in [0.4, 0.5) is 0 Å². The smallest absolute Gasteiger partial charge is 0.268 e. The number of thiophene rings is 1. The molecule has 0 unspecified atom stereocenters. The molecule has 0 aromatic carbocycles. The summed E-state index contributed by atoms with van der Waals surface area (Å²) in [4.78, 5) is 19.0. The maximum Gasteiger partial charge on any atom is 0.268 e. The van der Waals surface area contributed by atoms with E-state index in [2.05, 4.69) is 15.3 Å². The summed E-state index contributed by atoms with van der Waals surface area (Å²) >= 11 is 1.44. The lowest BCUT2D eigenvalue weighted by atomic mass is 10.2. The third kappa shape index (κ3) is 2.79. The van der Waals surface area contributed by atoms with Gasteiger partial charge in [0.2, 0.25) is 0 Å². The first-order chi connectivity index (χ1) is 8.83. The van der Waals surface area contributed by atoms with Crippen molar-refractivity contribution < 1.29 is 0 Å². The van der Waals surface area contributed by atoms with Gasteiger partial charge in [0.1, 0.15) is 10.5 Å². The van der Waals surface area contributed by atoms with Crippen LogP contribution >= 0.6 is 11.3 Å². The van der Waals surface area contributed by atoms with Crippen LogP contribution in [-0.2, 0) is 6.54 Å². The highest BCUT2D eigenvalue weighted by molar-refractivity contribution is 7.17. The summed E-state index contributed by atoms with van der Waals surface area (Å²) < 4.78 is 0.715. The molecule has 0 aliphatic heterocycles. The number of aromatic nitrogens is 2. The molecule has 4 nitrogen and oxygen atoms in total. The van der Waals surface area contributed by atoms with E-state index in [9.17, 15) is 4.79 Å². The van der Waals surface area contributed by atoms with Crippen molar-refractivity contribution in [3.05, 3.63) is 27.6 Å². The van der Waals surface area contributed by atoms with Gasteiger partial charge in [-0.3, -0.25) is 4.79 Å². The molecule has 3 rings (SSSR count). The summed E-state index contributed by atoms with van der Waals surface area (Å²) in [6.07, 6.45) is 5.39. The van der Waals surface area contributed by atoms with Gasteiger partial charge in [0, 0.05) is 0 Å². The molecule has 0 radical (unpaired) electrons. The quantitative estimate of drug-likeness (QED) is 0.786. The summed E-state index contributed by atoms with van der Waals surface area (Å²) in [6.45, 7) is 1.65. The minimum Gasteiger partial charge on any atom is -0.310 e. The van der Waals surface area contributed by atoms with Crippen LogP contribution in [0.3, 0.4) is 0 Å². The molecule has 2 aromatic heterocycles. The van der Waals surface area contributed by atoms with E-state index in [-0.39, 0.29) is 5.56 Å². The van der Waals surface area contributed by atoms with E-state index in [0.29, 0.717) is 11.2 Å². The largest absolute Gasteiger partial charge is 0.310 e. The molecule has 5 heteroatoms. The van der Waals surface area contributed by atoms with E-state index < -0.39 is 0 Å². The molecule has 2 N–H and O–H groups in total. The van der Waals surface area contributed by atoms with E-state index in [0.717, 1.165) is 23.8 Å². The Morgan fingerprint density at radius 1 is 1.50 bits per heavy atom. The van der Waals surface area contributed by atoms with E-state index >= 15 is 0 Å². The van der Waals surface area contributed by atoms with Crippen molar-refractivity contribution in [1.29, 1.82) is 0 Å². The van der Waals surface area contributed by atoms with Gasteiger partial charge in [-0.2, -0.15) is 0 Å². The standard InChI is InChI=1S/C13H17N3OS/c17-13-12-10(5-7-18-12)15-11(16-13)8-14-6-1-2-9-3-4-9/h5,7,9,14H,1-4,6,8H2,(H,15,16,17). The molecule has 0 saturated heterocycles. The second-order valence-corrected chi connectivity index (χ2v) is 5.83. The van der Waals surface area contributed by atoms with Crippen LogP contribution in [0, 0.1) is 5.92 Å². The van der Waals surface area contributed by atoms with Crippen molar-refractivity contribution in [1.82, 2.24) is 15.3 Å². The molecule has 2 heterocycles. The minimum absolute atomic E-state index is 0.0234. The lowest BCUT2D eigenvalue weighted by molar-refractivity contribution is 0.584. The first-order valence-corrected chi connectivity index (χ1v) is 7.38. The molecule has 96 valence electrons. The van der Waals surface area contributed by atoms with Crippen LogP contribution in [0.5, 0.6) is 0 Å². The molecule has 18 heavy (non-hydrogen) atoms. The van der Waals surface area contributed by atoms with Crippen LogP contribution in [-0.4, -0.2) is 16.5 Å². The van der Waals surface area contributed by atoms with Crippen LogP contribution < -0.4 is 10.9 Å². The first-order valence-electron chi connectivity index (χ1n) is 6.50. The van der Waals surface area contributed by atoms with E-state index in [1.807, 2.05) is 11.4 Å². The topological polar surface area (TPSA) is 57.8 Å². The summed E-state index contributed by atoms with van der Waals surface area (Å²) in [5.41, 5.74) is 0.781. The van der Waals surface area contributed by atoms with Crippen molar-refractivity contribution in [3.8, 4) is 0 Å². The Morgan fingerprint density at radius 3 is 3.22 bits per heavy atom. The van der Waals surface area contributed by atoms with E-state index in [1.165, 1.54) is 37.0 Å². The van der Waals surface area contributed by atoms with Gasteiger partial charge in [0.05, 0.1) is 12.1 Å². The lowest BCUT2D eigenvalue weighted by Crippen LogP contribution is -2.20. The predicted molar refractivity (Wildman–Crippen MR) is 73.9 cm³/mol. The van der Waals surface area contributed by atoms with Gasteiger partial charge in [-0.05, 0) is 36.8 Å². The summed E-state index contributed by atoms with van der Waals surface area (Å²) in [6, 6.07) is 1.89. The zero-order chi connectivity index (χ0) is 12.4. The molecular formula is C13H17N3OS. The van der Waals surface area contributed by atoms with Gasteiger partial charge in [-0.25, -0.2) is 4.98 Å². The first kappa shape index (κ1) is 11.9. The fraction of sp³-hybridized carbons (Fsp3) is 0.538. The molecule has 0 amide bonds. The zero-order valence-electron chi connectivity index (χ0n) is 10.2. The molecule has 1 aliphatic carbocycles. The molecule has 2 aromatic rings. The van der Waals surface area contributed by atoms with E-state index in [4.69, 9.17) is 0 Å². The summed E-state index contributed by atoms with van der Waals surface area (Å²) in [7, 11) is 0. The highest BCUT2D eigenvalue weighted by Gasteiger charge is 2.19. The highest BCUT2D eigenvalue weighted by atomic mass is 32.1. The third-order valence-electron chi connectivity index (χ3n) is 3.32. The molecule has 1 fully saturated rings. The molecular weight excluding hydrogens is 246 g/mol. The summed E-state index contributed by atoms with van der Waals surface area (Å²) in [5.74, 6) is 1.73. The Morgan fingerprint density at radius 2 is 2.39 bits per heavy atom. The Hall–Kier alpha value is -1.20. The molecule has 0 atom stereocenters. The van der Waals surface area contributed by atoms with Crippen molar-refractivity contribution in [2.24, 2.45) is 5.92 Å². The van der Waals surface area contributed by atoms with Gasteiger partial charge >= 0.3 is 0 Å². The van der Waals surface area contributed by atoms with Gasteiger partial charge in [0.25, 0.3) is 5.56 Å². The Bertz CT molecular complexity index is 585. The zero-order valence-corrected chi connectivity index (χ0v) is 11.1. The maximum absolute atomic E-state index is 11.7. The Labute approximate surface area is 109 Å². The van der Waals surface area contributed by atoms with Crippen LogP contribution in [0.15, 0.2) is 16.2 Å². The van der Waals surface area contributed by atoms with Crippen molar-refractivity contribution in [3.63, 3.8) is 0 Å². The van der Waals surface area contributed by atoms with Gasteiger partial charge < -0.3 is 10.3 Å². The fourth-order valence-electron chi connectivity index (χ4n) is 2.13. The van der Waals surface area contributed by atoms with Crippen LogP contribution in [0.25, 0.3) is 10.2 Å². The molecule has 1 aliphatic rings. The fourth-order valence-corrected chi connectivity index (χ4v) is 2.86. The molecule has 1 saturated carbocycles. The monoisotopic (exact) mass is 263 g/mol. The molecule has 0 spiro atoms. The highest BCUT2D eigenvalue weighted by Crippen LogP contribution is 2.33. The average Bonchev–Trinajstić information content (AvgIpc) is 3.05. The number of hydrogen-bond donors (Lipinski definition) is 2. The second kappa shape index (κ2) is 5.20. The number of H-pyrrole nitrogens is 1. The lowest BCUT2D eigenvalue weighted by Gasteiger charge is -2.04. The van der Waals surface area contributed by atoms with Crippen LogP contribution in [0.2, 0.25) is 0 Å². The van der Waals surface area contributed by atoms with Crippen molar-refractivity contribution >= 4 is 21.6 Å². The Balaban J connectivity index is 1.54. The van der Waals surface area contributed by atoms with Gasteiger partial charge in [-0.1, -0.05) is 12.8 Å². The number of rotatable bonds is 6. The van der Waals surface area contributed by atoms with Crippen LogP contribution in [0.1, 0.15) is 31.5 Å². The Kier molecular flexibility index (Phi) is 3.43.